The second-order valence-corrected chi connectivity index (χ2v) is 5.31. The summed E-state index contributed by atoms with van der Waals surface area (Å²) in [5.74, 6) is 1.91. The van der Waals surface area contributed by atoms with Crippen LogP contribution in [-0.4, -0.2) is 23.8 Å². The third-order valence-electron chi connectivity index (χ3n) is 2.63. The van der Waals surface area contributed by atoms with Gasteiger partial charge in [0.05, 0.1) is 13.5 Å². The molecule has 0 saturated heterocycles. The average Bonchev–Trinajstić information content (AvgIpc) is 2.51. The van der Waals surface area contributed by atoms with Gasteiger partial charge in [0.2, 0.25) is 0 Å². The zero-order valence-corrected chi connectivity index (χ0v) is 12.4. The third kappa shape index (κ3) is 4.68. The van der Waals surface area contributed by atoms with Crippen LogP contribution in [0.2, 0.25) is 0 Å². The number of nitrogens with two attached hydrogens (primary N) is 1. The quantitative estimate of drug-likeness (QED) is 0.653. The van der Waals surface area contributed by atoms with Gasteiger partial charge in [0.25, 0.3) is 0 Å². The van der Waals surface area contributed by atoms with Crippen LogP contribution in [0.5, 0.6) is 11.5 Å². The number of esters is 1. The molecule has 0 fully saturated rings. The number of thioether (sulfide) groups is 1. The van der Waals surface area contributed by atoms with Gasteiger partial charge in [-0.3, -0.25) is 4.79 Å². The number of carbonyl (C=O) groups excluding carboxylic acids is 1. The van der Waals surface area contributed by atoms with Crippen LogP contribution in [-0.2, 0) is 9.53 Å². The fourth-order valence-electron chi connectivity index (χ4n) is 1.57. The van der Waals surface area contributed by atoms with Crippen molar-refractivity contribution < 1.29 is 14.3 Å². The molecule has 0 saturated carbocycles. The number of rotatable bonds is 6. The van der Waals surface area contributed by atoms with E-state index in [-0.39, 0.29) is 5.97 Å². The number of hydrogen-bond donors (Lipinski definition) is 1. The maximum atomic E-state index is 11.1. The Morgan fingerprint density at radius 1 is 1.33 bits per heavy atom. The molecule has 0 bridgehead atoms. The van der Waals surface area contributed by atoms with Crippen molar-refractivity contribution in [3.05, 3.63) is 42.6 Å². The first-order valence-corrected chi connectivity index (χ1v) is 7.35. The van der Waals surface area contributed by atoms with Crippen molar-refractivity contribution in [3.8, 4) is 11.5 Å². The number of benzene rings is 1. The van der Waals surface area contributed by atoms with E-state index in [1.54, 1.807) is 6.20 Å². The van der Waals surface area contributed by atoms with Crippen LogP contribution in [0, 0.1) is 0 Å². The molecule has 0 atom stereocenters. The van der Waals surface area contributed by atoms with Gasteiger partial charge in [0.15, 0.2) is 11.6 Å². The first-order chi connectivity index (χ1) is 10.2. The van der Waals surface area contributed by atoms with Crippen molar-refractivity contribution >= 4 is 23.5 Å². The smallest absolute Gasteiger partial charge is 0.306 e. The minimum atomic E-state index is -0.230. The topological polar surface area (TPSA) is 74.4 Å². The molecule has 2 N–H and O–H groups in total. The Kier molecular flexibility index (Phi) is 5.45. The summed E-state index contributed by atoms with van der Waals surface area (Å²) in [6.07, 6.45) is 2.01. The molecule has 0 spiro atoms. The summed E-state index contributed by atoms with van der Waals surface area (Å²) in [4.78, 5) is 16.1. The van der Waals surface area contributed by atoms with Crippen LogP contribution >= 0.6 is 11.8 Å². The molecule has 0 aliphatic carbocycles. The lowest BCUT2D eigenvalue weighted by atomic mass is 10.3. The number of aromatic nitrogens is 1. The number of nitrogen functional groups attached to an aromatic ring is 1. The molecule has 1 heterocycles. The standard InChI is InChI=1S/C15H16N2O3S/c1-19-14(18)7-8-21-12-9-13(15(16)17-10-12)20-11-5-3-2-4-6-11/h2-6,9-10H,7-8H2,1H3,(H2,16,17). The fraction of sp³-hybridized carbons (Fsp3) is 0.200. The minimum Gasteiger partial charge on any atom is -0.469 e. The summed E-state index contributed by atoms with van der Waals surface area (Å²) >= 11 is 1.50. The summed E-state index contributed by atoms with van der Waals surface area (Å²) < 4.78 is 10.3. The molecule has 1 aromatic carbocycles. The van der Waals surface area contributed by atoms with Crippen LogP contribution in [0.4, 0.5) is 5.82 Å². The van der Waals surface area contributed by atoms with Crippen LogP contribution in [0.1, 0.15) is 6.42 Å². The summed E-state index contributed by atoms with van der Waals surface area (Å²) in [5.41, 5.74) is 5.82. The van der Waals surface area contributed by atoms with E-state index < -0.39 is 0 Å². The number of ether oxygens (including phenoxy) is 2. The molecule has 5 nitrogen and oxygen atoms in total. The predicted molar refractivity (Wildman–Crippen MR) is 82.5 cm³/mol. The molecule has 0 aliphatic heterocycles. The molecule has 0 radical (unpaired) electrons. The molecule has 6 heteroatoms. The zero-order chi connectivity index (χ0) is 15.1. The lowest BCUT2D eigenvalue weighted by molar-refractivity contribution is -0.140. The van der Waals surface area contributed by atoms with Crippen LogP contribution in [0.15, 0.2) is 47.5 Å². The normalized spacial score (nSPS) is 10.1. The molecule has 2 aromatic rings. The fourth-order valence-corrected chi connectivity index (χ4v) is 2.39. The molecule has 0 aliphatic rings. The second-order valence-electron chi connectivity index (χ2n) is 4.14. The van der Waals surface area contributed by atoms with Gasteiger partial charge in [-0.2, -0.15) is 0 Å². The highest BCUT2D eigenvalue weighted by Crippen LogP contribution is 2.30. The van der Waals surface area contributed by atoms with Crippen molar-refractivity contribution in [2.24, 2.45) is 0 Å². The van der Waals surface area contributed by atoms with Gasteiger partial charge < -0.3 is 15.2 Å². The van der Waals surface area contributed by atoms with E-state index in [4.69, 9.17) is 10.5 Å². The lowest BCUT2D eigenvalue weighted by Crippen LogP contribution is -2.01. The van der Waals surface area contributed by atoms with E-state index in [9.17, 15) is 4.79 Å². The van der Waals surface area contributed by atoms with Crippen molar-refractivity contribution in [3.63, 3.8) is 0 Å². The van der Waals surface area contributed by atoms with Crippen molar-refractivity contribution in [2.45, 2.75) is 11.3 Å². The monoisotopic (exact) mass is 304 g/mol. The van der Waals surface area contributed by atoms with E-state index in [0.717, 1.165) is 4.90 Å². The Labute approximate surface area is 127 Å². The van der Waals surface area contributed by atoms with Crippen molar-refractivity contribution in [1.82, 2.24) is 4.98 Å². The van der Waals surface area contributed by atoms with E-state index >= 15 is 0 Å². The molecule has 0 unspecified atom stereocenters. The average molecular weight is 304 g/mol. The van der Waals surface area contributed by atoms with E-state index in [2.05, 4.69) is 9.72 Å². The van der Waals surface area contributed by atoms with Gasteiger partial charge in [0.1, 0.15) is 5.75 Å². The number of pyridine rings is 1. The molecule has 21 heavy (non-hydrogen) atoms. The van der Waals surface area contributed by atoms with Gasteiger partial charge in [-0.25, -0.2) is 4.98 Å². The van der Waals surface area contributed by atoms with Gasteiger partial charge in [-0.1, -0.05) is 18.2 Å². The van der Waals surface area contributed by atoms with Gasteiger partial charge >= 0.3 is 5.97 Å². The van der Waals surface area contributed by atoms with E-state index in [1.807, 2.05) is 36.4 Å². The molecular formula is C15H16N2O3S. The van der Waals surface area contributed by atoms with Gasteiger partial charge in [-0.05, 0) is 18.2 Å². The Morgan fingerprint density at radius 2 is 2.10 bits per heavy atom. The summed E-state index contributed by atoms with van der Waals surface area (Å²) in [6, 6.07) is 11.2. The predicted octanol–water partition coefficient (Wildman–Crippen LogP) is 3.11. The number of hydrogen-bond acceptors (Lipinski definition) is 6. The molecule has 1 aromatic heterocycles. The SMILES string of the molecule is COC(=O)CCSc1cnc(N)c(Oc2ccccc2)c1. The van der Waals surface area contributed by atoms with Crippen molar-refractivity contribution in [2.75, 3.05) is 18.6 Å². The van der Waals surface area contributed by atoms with Crippen LogP contribution in [0.25, 0.3) is 0 Å². The summed E-state index contributed by atoms with van der Waals surface area (Å²) in [6.45, 7) is 0. The number of nitrogens with zero attached hydrogens (tertiary/aromatic N) is 1. The van der Waals surface area contributed by atoms with Gasteiger partial charge in [-0.15, -0.1) is 11.8 Å². The summed E-state index contributed by atoms with van der Waals surface area (Å²) in [7, 11) is 1.38. The number of methoxy groups -OCH3 is 1. The molecule has 0 amide bonds. The van der Waals surface area contributed by atoms with Crippen molar-refractivity contribution in [1.29, 1.82) is 0 Å². The first kappa shape index (κ1) is 15.2. The Morgan fingerprint density at radius 3 is 2.81 bits per heavy atom. The van der Waals surface area contributed by atoms with E-state index in [0.29, 0.717) is 29.5 Å². The van der Waals surface area contributed by atoms with Gasteiger partial charge in [0, 0.05) is 16.8 Å². The number of para-hydroxylation sites is 1. The third-order valence-corrected chi connectivity index (χ3v) is 3.60. The molecule has 2 rings (SSSR count). The Bertz CT molecular complexity index is 605. The molecular weight excluding hydrogens is 288 g/mol. The maximum Gasteiger partial charge on any atom is 0.306 e. The largest absolute Gasteiger partial charge is 0.469 e. The number of carbonyl (C=O) groups is 1. The first-order valence-electron chi connectivity index (χ1n) is 6.37. The lowest BCUT2D eigenvalue weighted by Gasteiger charge is -2.09. The highest BCUT2D eigenvalue weighted by molar-refractivity contribution is 7.99. The second kappa shape index (κ2) is 7.54. The highest BCUT2D eigenvalue weighted by atomic mass is 32.2. The number of anilines is 1. The van der Waals surface area contributed by atoms with Crippen LogP contribution in [0.3, 0.4) is 0 Å². The molecule has 110 valence electrons. The van der Waals surface area contributed by atoms with E-state index in [1.165, 1.54) is 18.9 Å². The Balaban J connectivity index is 2.01. The summed E-state index contributed by atoms with van der Waals surface area (Å²) in [5, 5.41) is 0. The highest BCUT2D eigenvalue weighted by Gasteiger charge is 2.07. The van der Waals surface area contributed by atoms with Crippen LogP contribution < -0.4 is 10.5 Å². The Hall–Kier alpha value is -2.21. The maximum absolute atomic E-state index is 11.1. The zero-order valence-electron chi connectivity index (χ0n) is 11.6. The minimum absolute atomic E-state index is 0.230.